The molecule has 1 aromatic rings. The van der Waals surface area contributed by atoms with E-state index in [0.29, 0.717) is 17.1 Å². The molecule has 3 N–H and O–H groups in total. The predicted octanol–water partition coefficient (Wildman–Crippen LogP) is -0.0446. The highest BCUT2D eigenvalue weighted by atomic mass is 32.2. The Labute approximate surface area is 121 Å². The largest absolute Gasteiger partial charge is 0.481 e. The highest BCUT2D eigenvalue weighted by molar-refractivity contribution is 7.91. The first-order chi connectivity index (χ1) is 9.82. The first-order valence-corrected chi connectivity index (χ1v) is 8.29. The molecule has 2 aliphatic rings. The molecule has 0 bridgehead atoms. The number of benzene rings is 1. The normalized spacial score (nSPS) is 30.2. The Bertz CT molecular complexity index is 715. The van der Waals surface area contributed by atoms with E-state index in [1.54, 1.807) is 18.2 Å². The van der Waals surface area contributed by atoms with E-state index in [9.17, 15) is 18.3 Å². The summed E-state index contributed by atoms with van der Waals surface area (Å²) in [6.07, 6.45) is 1.04. The summed E-state index contributed by atoms with van der Waals surface area (Å²) >= 11 is 0. The molecule has 1 aliphatic heterocycles. The van der Waals surface area contributed by atoms with Crippen LogP contribution in [0.5, 0.6) is 11.5 Å². The maximum atomic E-state index is 11.9. The average Bonchev–Trinajstić information content (AvgIpc) is 2.92. The summed E-state index contributed by atoms with van der Waals surface area (Å²) in [5.74, 6) is -0.820. The van der Waals surface area contributed by atoms with Crippen LogP contribution in [-0.2, 0) is 14.6 Å². The molecule has 1 fully saturated rings. The Morgan fingerprint density at radius 3 is 2.62 bits per heavy atom. The van der Waals surface area contributed by atoms with Crippen LogP contribution in [-0.4, -0.2) is 44.3 Å². The van der Waals surface area contributed by atoms with Gasteiger partial charge in [0.2, 0.25) is 6.79 Å². The van der Waals surface area contributed by atoms with Crippen LogP contribution in [0.2, 0.25) is 0 Å². The fourth-order valence-electron chi connectivity index (χ4n) is 3.20. The Morgan fingerprint density at radius 2 is 2.10 bits per heavy atom. The topological polar surface area (TPSA) is 116 Å². The highest BCUT2D eigenvalue weighted by Gasteiger charge is 2.74. The molecule has 114 valence electrons. The number of carboxylic acids is 1. The molecular weight excluding hydrogens is 298 g/mol. The summed E-state index contributed by atoms with van der Waals surface area (Å²) in [5, 5.41) is 8.44. The summed E-state index contributed by atoms with van der Waals surface area (Å²) in [7, 11) is -3.54. The van der Waals surface area contributed by atoms with Crippen molar-refractivity contribution in [3.8, 4) is 11.5 Å². The van der Waals surface area contributed by atoms with Gasteiger partial charge in [0.1, 0.15) is 5.41 Å². The third-order valence-corrected chi connectivity index (χ3v) is 5.82. The summed E-state index contributed by atoms with van der Waals surface area (Å²) in [5.41, 5.74) is 4.71. The third-order valence-electron chi connectivity index (χ3n) is 4.21. The van der Waals surface area contributed by atoms with Crippen LogP contribution in [0.15, 0.2) is 18.2 Å². The van der Waals surface area contributed by atoms with Crippen LogP contribution in [0.1, 0.15) is 11.5 Å². The van der Waals surface area contributed by atoms with Crippen molar-refractivity contribution in [2.24, 2.45) is 11.1 Å². The Balaban J connectivity index is 2.06. The van der Waals surface area contributed by atoms with Crippen LogP contribution in [0.25, 0.3) is 0 Å². The van der Waals surface area contributed by atoms with Gasteiger partial charge in [0, 0.05) is 18.7 Å². The first-order valence-electron chi connectivity index (χ1n) is 6.34. The van der Waals surface area contributed by atoms with Crippen molar-refractivity contribution >= 4 is 15.8 Å². The molecule has 0 saturated heterocycles. The van der Waals surface area contributed by atoms with Crippen molar-refractivity contribution in [3.05, 3.63) is 23.8 Å². The number of hydrogen-bond acceptors (Lipinski definition) is 6. The van der Waals surface area contributed by atoms with Gasteiger partial charge in [-0.25, -0.2) is 8.42 Å². The molecule has 8 heteroatoms. The van der Waals surface area contributed by atoms with E-state index in [1.165, 1.54) is 0 Å². The quantitative estimate of drug-likeness (QED) is 0.801. The minimum atomic E-state index is -3.54. The van der Waals surface area contributed by atoms with Crippen molar-refractivity contribution in [2.75, 3.05) is 19.6 Å². The van der Waals surface area contributed by atoms with Gasteiger partial charge in [0.25, 0.3) is 0 Å². The van der Waals surface area contributed by atoms with Gasteiger partial charge < -0.3 is 20.3 Å². The van der Waals surface area contributed by atoms with Crippen molar-refractivity contribution in [3.63, 3.8) is 0 Å². The van der Waals surface area contributed by atoms with Crippen molar-refractivity contribution < 1.29 is 27.8 Å². The molecule has 3 atom stereocenters. The number of nitrogens with two attached hydrogens (primary N) is 1. The average molecular weight is 313 g/mol. The zero-order chi connectivity index (χ0) is 15.4. The molecule has 0 spiro atoms. The smallest absolute Gasteiger partial charge is 0.312 e. The molecule has 0 amide bonds. The minimum Gasteiger partial charge on any atom is -0.481 e. The van der Waals surface area contributed by atoms with Crippen LogP contribution in [0.4, 0.5) is 0 Å². The van der Waals surface area contributed by atoms with Crippen LogP contribution >= 0.6 is 0 Å². The Morgan fingerprint density at radius 1 is 1.43 bits per heavy atom. The minimum absolute atomic E-state index is 0.0971. The van der Waals surface area contributed by atoms with E-state index in [-0.39, 0.29) is 13.3 Å². The standard InChI is InChI=1S/C13H15NO6S/c1-21(17,18)11-10(13(11,5-14)12(15)16)7-2-3-8-9(4-7)20-6-19-8/h2-4,10-11H,5-6,14H2,1H3,(H,15,16)/t10-,11-,13+/m0/s1. The summed E-state index contributed by atoms with van der Waals surface area (Å²) in [6, 6.07) is 4.95. The zero-order valence-corrected chi connectivity index (χ0v) is 12.1. The molecule has 0 unspecified atom stereocenters. The molecule has 0 radical (unpaired) electrons. The molecule has 1 aromatic carbocycles. The van der Waals surface area contributed by atoms with Gasteiger partial charge in [-0.2, -0.15) is 0 Å². The first kappa shape index (κ1) is 14.2. The maximum absolute atomic E-state index is 11.9. The predicted molar refractivity (Wildman–Crippen MR) is 73.1 cm³/mol. The molecular formula is C13H15NO6S. The van der Waals surface area contributed by atoms with E-state index < -0.39 is 32.4 Å². The molecule has 7 nitrogen and oxygen atoms in total. The molecule has 1 heterocycles. The lowest BCUT2D eigenvalue weighted by Crippen LogP contribution is -2.31. The lowest BCUT2D eigenvalue weighted by atomic mass is 9.99. The number of ether oxygens (including phenoxy) is 2. The lowest BCUT2D eigenvalue weighted by molar-refractivity contribution is -0.143. The molecule has 0 aromatic heterocycles. The molecule has 1 aliphatic carbocycles. The Kier molecular flexibility index (Phi) is 2.93. The van der Waals surface area contributed by atoms with Gasteiger partial charge in [0.15, 0.2) is 21.3 Å². The summed E-state index contributed by atoms with van der Waals surface area (Å²) < 4.78 is 34.3. The second kappa shape index (κ2) is 4.35. The SMILES string of the molecule is CS(=O)(=O)[C@H]1[C@H](c2ccc3c(c2)OCO3)[C@@]1(CN)C(=O)O. The third kappa shape index (κ3) is 1.90. The highest BCUT2D eigenvalue weighted by Crippen LogP contribution is 2.63. The van der Waals surface area contributed by atoms with Gasteiger partial charge in [-0.15, -0.1) is 0 Å². The second-order valence-electron chi connectivity index (χ2n) is 5.39. The van der Waals surface area contributed by atoms with Gasteiger partial charge in [-0.3, -0.25) is 4.79 Å². The number of fused-ring (bicyclic) bond motifs is 1. The van der Waals surface area contributed by atoms with Gasteiger partial charge in [-0.05, 0) is 17.7 Å². The summed E-state index contributed by atoms with van der Waals surface area (Å²) in [4.78, 5) is 11.6. The van der Waals surface area contributed by atoms with E-state index >= 15 is 0 Å². The zero-order valence-electron chi connectivity index (χ0n) is 11.3. The fourth-order valence-corrected chi connectivity index (χ4v) is 5.12. The summed E-state index contributed by atoms with van der Waals surface area (Å²) in [6.45, 7) is -0.140. The van der Waals surface area contributed by atoms with Crippen LogP contribution < -0.4 is 15.2 Å². The van der Waals surface area contributed by atoms with Crippen molar-refractivity contribution in [2.45, 2.75) is 11.2 Å². The van der Waals surface area contributed by atoms with E-state index in [4.69, 9.17) is 15.2 Å². The molecule has 21 heavy (non-hydrogen) atoms. The van der Waals surface area contributed by atoms with E-state index in [0.717, 1.165) is 6.26 Å². The van der Waals surface area contributed by atoms with Crippen molar-refractivity contribution in [1.29, 1.82) is 0 Å². The number of aliphatic carboxylic acids is 1. The van der Waals surface area contributed by atoms with Gasteiger partial charge >= 0.3 is 5.97 Å². The maximum Gasteiger partial charge on any atom is 0.312 e. The Hall–Kier alpha value is -1.80. The van der Waals surface area contributed by atoms with E-state index in [2.05, 4.69) is 0 Å². The van der Waals surface area contributed by atoms with E-state index in [1.807, 2.05) is 0 Å². The number of rotatable bonds is 4. The number of sulfone groups is 1. The fraction of sp³-hybridized carbons (Fsp3) is 0.462. The molecule has 1 saturated carbocycles. The van der Waals surface area contributed by atoms with Crippen LogP contribution in [0, 0.1) is 5.41 Å². The number of carbonyl (C=O) groups is 1. The lowest BCUT2D eigenvalue weighted by Gasteiger charge is -2.09. The second-order valence-corrected chi connectivity index (χ2v) is 7.56. The van der Waals surface area contributed by atoms with Gasteiger partial charge in [0.05, 0.1) is 5.25 Å². The molecule has 3 rings (SSSR count). The van der Waals surface area contributed by atoms with Crippen molar-refractivity contribution in [1.82, 2.24) is 0 Å². The number of carboxylic acid groups (broad SMARTS) is 1. The van der Waals surface area contributed by atoms with Crippen LogP contribution in [0.3, 0.4) is 0 Å². The monoisotopic (exact) mass is 313 g/mol. The number of hydrogen-bond donors (Lipinski definition) is 2. The van der Waals surface area contributed by atoms with Gasteiger partial charge in [-0.1, -0.05) is 6.07 Å².